The van der Waals surface area contributed by atoms with Crippen molar-refractivity contribution in [2.45, 2.75) is 46.7 Å². The van der Waals surface area contributed by atoms with Gasteiger partial charge in [0.15, 0.2) is 5.96 Å². The molecule has 0 saturated heterocycles. The van der Waals surface area contributed by atoms with Gasteiger partial charge >= 0.3 is 0 Å². The highest BCUT2D eigenvalue weighted by atomic mass is 16.5. The van der Waals surface area contributed by atoms with Gasteiger partial charge in [-0.15, -0.1) is 0 Å². The van der Waals surface area contributed by atoms with Crippen molar-refractivity contribution in [3.63, 3.8) is 0 Å². The molecule has 142 valence electrons. The molecule has 0 aliphatic carbocycles. The van der Waals surface area contributed by atoms with Gasteiger partial charge in [-0.25, -0.2) is 4.99 Å². The van der Waals surface area contributed by atoms with Gasteiger partial charge in [0.05, 0.1) is 6.54 Å². The summed E-state index contributed by atoms with van der Waals surface area (Å²) in [6.45, 7) is 12.4. The highest BCUT2D eigenvalue weighted by molar-refractivity contribution is 5.79. The van der Waals surface area contributed by atoms with E-state index in [1.807, 2.05) is 6.92 Å². The predicted molar refractivity (Wildman–Crippen MR) is 107 cm³/mol. The molecule has 5 heteroatoms. The van der Waals surface area contributed by atoms with Crippen LogP contribution < -0.4 is 10.6 Å². The molecule has 0 amide bonds. The third-order valence-electron chi connectivity index (χ3n) is 3.96. The van der Waals surface area contributed by atoms with Crippen molar-refractivity contribution in [2.75, 3.05) is 39.9 Å². The number of guanidine groups is 1. The van der Waals surface area contributed by atoms with Gasteiger partial charge in [0, 0.05) is 32.8 Å². The first-order chi connectivity index (χ1) is 12.2. The van der Waals surface area contributed by atoms with E-state index in [0.29, 0.717) is 6.54 Å². The number of nitrogens with zero attached hydrogens (tertiary/aromatic N) is 2. The molecule has 0 radical (unpaired) electrons. The van der Waals surface area contributed by atoms with E-state index in [0.717, 1.165) is 58.2 Å². The van der Waals surface area contributed by atoms with E-state index in [1.165, 1.54) is 11.1 Å². The Morgan fingerprint density at radius 2 is 1.92 bits per heavy atom. The van der Waals surface area contributed by atoms with Crippen LogP contribution in [0.5, 0.6) is 0 Å². The number of hydrogen-bond acceptors (Lipinski definition) is 3. The molecule has 0 atom stereocenters. The Balaban J connectivity index is 2.48. The van der Waals surface area contributed by atoms with Crippen LogP contribution in [-0.2, 0) is 17.8 Å². The summed E-state index contributed by atoms with van der Waals surface area (Å²) in [6.07, 6.45) is 2.16. The summed E-state index contributed by atoms with van der Waals surface area (Å²) in [5, 5.41) is 6.71. The summed E-state index contributed by atoms with van der Waals surface area (Å²) in [5.74, 6) is 0.884. The first-order valence-electron chi connectivity index (χ1n) is 9.55. The second-order valence-corrected chi connectivity index (χ2v) is 6.18. The van der Waals surface area contributed by atoms with Gasteiger partial charge in [0.25, 0.3) is 0 Å². The fourth-order valence-electron chi connectivity index (χ4n) is 2.44. The van der Waals surface area contributed by atoms with Crippen molar-refractivity contribution in [2.24, 2.45) is 4.99 Å². The Bertz CT molecular complexity index is 490. The van der Waals surface area contributed by atoms with Crippen molar-refractivity contribution in [3.05, 3.63) is 35.4 Å². The molecular formula is C20H36N4O. The molecule has 1 aromatic rings. The lowest BCUT2D eigenvalue weighted by Gasteiger charge is -2.14. The molecule has 2 N–H and O–H groups in total. The van der Waals surface area contributed by atoms with E-state index in [-0.39, 0.29) is 0 Å². The average molecular weight is 349 g/mol. The molecular weight excluding hydrogens is 312 g/mol. The minimum atomic E-state index is 0.692. The Morgan fingerprint density at radius 1 is 1.12 bits per heavy atom. The van der Waals surface area contributed by atoms with Crippen LogP contribution in [0.3, 0.4) is 0 Å². The summed E-state index contributed by atoms with van der Waals surface area (Å²) in [7, 11) is 2.14. The maximum atomic E-state index is 5.36. The molecule has 0 fully saturated rings. The Hall–Kier alpha value is -1.59. The van der Waals surface area contributed by atoms with Crippen LogP contribution >= 0.6 is 0 Å². The van der Waals surface area contributed by atoms with Gasteiger partial charge in [0.1, 0.15) is 0 Å². The quantitative estimate of drug-likeness (QED) is 0.346. The zero-order valence-electron chi connectivity index (χ0n) is 16.5. The smallest absolute Gasteiger partial charge is 0.191 e. The van der Waals surface area contributed by atoms with Crippen molar-refractivity contribution >= 4 is 5.96 Å². The number of aliphatic imine (C=N–C) groups is 1. The van der Waals surface area contributed by atoms with Crippen LogP contribution in [0.15, 0.2) is 29.3 Å². The zero-order chi connectivity index (χ0) is 18.3. The third-order valence-corrected chi connectivity index (χ3v) is 3.96. The lowest BCUT2D eigenvalue weighted by molar-refractivity contribution is 0.143. The fraction of sp³-hybridized carbons (Fsp3) is 0.650. The molecule has 1 aromatic carbocycles. The molecule has 0 aromatic heterocycles. The van der Waals surface area contributed by atoms with Gasteiger partial charge in [0.2, 0.25) is 0 Å². The van der Waals surface area contributed by atoms with E-state index in [4.69, 9.17) is 9.73 Å². The Kier molecular flexibility index (Phi) is 11.7. The normalized spacial score (nSPS) is 11.8. The van der Waals surface area contributed by atoms with E-state index in [1.54, 1.807) is 0 Å². The third kappa shape index (κ3) is 10.1. The van der Waals surface area contributed by atoms with Crippen LogP contribution in [0, 0.1) is 0 Å². The second kappa shape index (κ2) is 13.7. The maximum Gasteiger partial charge on any atom is 0.191 e. The molecule has 1 rings (SSSR count). The number of hydrogen-bond donors (Lipinski definition) is 2. The van der Waals surface area contributed by atoms with Crippen LogP contribution in [0.2, 0.25) is 0 Å². The molecule has 5 nitrogen and oxygen atoms in total. The first kappa shape index (κ1) is 21.5. The topological polar surface area (TPSA) is 48.9 Å². The van der Waals surface area contributed by atoms with Crippen LogP contribution in [0.4, 0.5) is 0 Å². The largest absolute Gasteiger partial charge is 0.382 e. The number of ether oxygens (including phenoxy) is 1. The SMILES string of the molecule is CCNC(=NCc1cccc(CN(C)CC)c1)NCCCCOCC. The van der Waals surface area contributed by atoms with Crippen LogP contribution in [0.25, 0.3) is 0 Å². The van der Waals surface area contributed by atoms with Crippen molar-refractivity contribution < 1.29 is 4.74 Å². The average Bonchev–Trinajstić information content (AvgIpc) is 2.62. The molecule has 0 aliphatic heterocycles. The maximum absolute atomic E-state index is 5.36. The minimum absolute atomic E-state index is 0.692. The Morgan fingerprint density at radius 3 is 2.64 bits per heavy atom. The number of nitrogens with one attached hydrogen (secondary N) is 2. The molecule has 0 unspecified atom stereocenters. The summed E-state index contributed by atoms with van der Waals surface area (Å²) in [6, 6.07) is 8.70. The van der Waals surface area contributed by atoms with Gasteiger partial charge < -0.3 is 20.3 Å². The van der Waals surface area contributed by atoms with E-state index in [9.17, 15) is 0 Å². The van der Waals surface area contributed by atoms with Gasteiger partial charge in [-0.1, -0.05) is 31.2 Å². The Labute approximate surface area is 153 Å². The first-order valence-corrected chi connectivity index (χ1v) is 9.55. The summed E-state index contributed by atoms with van der Waals surface area (Å²) >= 11 is 0. The molecule has 0 bridgehead atoms. The second-order valence-electron chi connectivity index (χ2n) is 6.18. The van der Waals surface area contributed by atoms with Crippen molar-refractivity contribution in [1.82, 2.24) is 15.5 Å². The van der Waals surface area contributed by atoms with Gasteiger partial charge in [-0.2, -0.15) is 0 Å². The van der Waals surface area contributed by atoms with Crippen LogP contribution in [-0.4, -0.2) is 50.8 Å². The summed E-state index contributed by atoms with van der Waals surface area (Å²) in [4.78, 5) is 7.01. The molecule has 0 aliphatic rings. The molecule has 0 heterocycles. The van der Waals surface area contributed by atoms with E-state index in [2.05, 4.69) is 60.7 Å². The van der Waals surface area contributed by atoms with E-state index < -0.39 is 0 Å². The predicted octanol–water partition coefficient (Wildman–Crippen LogP) is 3.01. The summed E-state index contributed by atoms with van der Waals surface area (Å²) in [5.41, 5.74) is 2.58. The lowest BCUT2D eigenvalue weighted by Crippen LogP contribution is -2.37. The number of unbranched alkanes of at least 4 members (excludes halogenated alkanes) is 1. The number of rotatable bonds is 12. The minimum Gasteiger partial charge on any atom is -0.382 e. The van der Waals surface area contributed by atoms with Gasteiger partial charge in [-0.05, 0) is 51.4 Å². The molecule has 25 heavy (non-hydrogen) atoms. The zero-order valence-corrected chi connectivity index (χ0v) is 16.5. The molecule has 0 spiro atoms. The monoisotopic (exact) mass is 348 g/mol. The highest BCUT2D eigenvalue weighted by Crippen LogP contribution is 2.08. The molecule has 0 saturated carbocycles. The van der Waals surface area contributed by atoms with Crippen LogP contribution in [0.1, 0.15) is 44.7 Å². The van der Waals surface area contributed by atoms with Gasteiger partial charge in [-0.3, -0.25) is 0 Å². The number of benzene rings is 1. The summed E-state index contributed by atoms with van der Waals surface area (Å²) < 4.78 is 5.36. The van der Waals surface area contributed by atoms with Crippen molar-refractivity contribution in [1.29, 1.82) is 0 Å². The van der Waals surface area contributed by atoms with Crippen molar-refractivity contribution in [3.8, 4) is 0 Å². The standard InChI is InChI=1S/C20H36N4O/c1-5-21-20(22-13-8-9-14-25-7-3)23-16-18-11-10-12-19(15-18)17-24(4)6-2/h10-12,15H,5-9,13-14,16-17H2,1-4H3,(H2,21,22,23). The fourth-order valence-corrected chi connectivity index (χ4v) is 2.44. The van der Waals surface area contributed by atoms with E-state index >= 15 is 0 Å². The lowest BCUT2D eigenvalue weighted by atomic mass is 10.1. The highest BCUT2D eigenvalue weighted by Gasteiger charge is 2.01.